The second-order valence-corrected chi connectivity index (χ2v) is 8.27. The highest BCUT2D eigenvalue weighted by molar-refractivity contribution is 7.86. The summed E-state index contributed by atoms with van der Waals surface area (Å²) < 4.78 is 33.8. The molecule has 2 aliphatic heterocycles. The summed E-state index contributed by atoms with van der Waals surface area (Å²) in [6, 6.07) is 0. The normalized spacial score (nSPS) is 19.0. The number of hydrogen-bond donors (Lipinski definition) is 2. The summed E-state index contributed by atoms with van der Waals surface area (Å²) in [6.07, 6.45) is 0.789. The highest BCUT2D eigenvalue weighted by Crippen LogP contribution is 2.24. The number of ether oxygens (including phenoxy) is 1. The Morgan fingerprint density at radius 1 is 1.11 bits per heavy atom. The van der Waals surface area contributed by atoms with Crippen molar-refractivity contribution >= 4 is 28.4 Å². The number of piperazine rings is 1. The van der Waals surface area contributed by atoms with Crippen LogP contribution in [0.25, 0.3) is 0 Å². The van der Waals surface area contributed by atoms with Crippen molar-refractivity contribution < 1.29 is 23.1 Å². The van der Waals surface area contributed by atoms with Gasteiger partial charge in [0.1, 0.15) is 5.82 Å². The first-order valence-electron chi connectivity index (χ1n) is 9.13. The standard InChI is InChI=1S/C15H26N6O3S.CH2O2/c1-3-13-12(2)14(18-15(16)17-13)19-4-6-20(7-5-19)25(22,23)21-8-10-24-11-9-21;2-1-3/h3-11H2,1-2H3,(H2,16,17,18);1H,(H,2,3). The van der Waals surface area contributed by atoms with Crippen LogP contribution in [-0.4, -0.2) is 91.1 Å². The molecule has 1 aromatic heterocycles. The Balaban J connectivity index is 0.000000878. The van der Waals surface area contributed by atoms with E-state index in [4.69, 9.17) is 20.4 Å². The number of hydrogen-bond acceptors (Lipinski definition) is 8. The van der Waals surface area contributed by atoms with Gasteiger partial charge in [0.25, 0.3) is 16.7 Å². The summed E-state index contributed by atoms with van der Waals surface area (Å²) >= 11 is 0. The zero-order valence-corrected chi connectivity index (χ0v) is 17.1. The van der Waals surface area contributed by atoms with Crippen molar-refractivity contribution in [1.29, 1.82) is 0 Å². The lowest BCUT2D eigenvalue weighted by Gasteiger charge is -2.38. The van der Waals surface area contributed by atoms with Crippen molar-refractivity contribution in [2.45, 2.75) is 20.3 Å². The van der Waals surface area contributed by atoms with Gasteiger partial charge in [-0.15, -0.1) is 0 Å². The van der Waals surface area contributed by atoms with E-state index in [2.05, 4.69) is 14.9 Å². The van der Waals surface area contributed by atoms with Crippen molar-refractivity contribution in [1.82, 2.24) is 18.6 Å². The van der Waals surface area contributed by atoms with Gasteiger partial charge in [0, 0.05) is 44.8 Å². The molecule has 3 rings (SSSR count). The van der Waals surface area contributed by atoms with Crippen molar-refractivity contribution in [3.8, 4) is 0 Å². The summed E-state index contributed by atoms with van der Waals surface area (Å²) in [5.41, 5.74) is 7.78. The van der Waals surface area contributed by atoms with E-state index >= 15 is 0 Å². The highest BCUT2D eigenvalue weighted by Gasteiger charge is 2.33. The fourth-order valence-electron chi connectivity index (χ4n) is 3.29. The molecule has 0 amide bonds. The van der Waals surface area contributed by atoms with E-state index in [0.717, 1.165) is 23.5 Å². The second kappa shape index (κ2) is 9.96. The molecule has 28 heavy (non-hydrogen) atoms. The van der Waals surface area contributed by atoms with E-state index in [9.17, 15) is 8.42 Å². The van der Waals surface area contributed by atoms with Crippen molar-refractivity contribution in [2.75, 3.05) is 63.1 Å². The molecule has 0 saturated carbocycles. The summed E-state index contributed by atoms with van der Waals surface area (Å²) in [5.74, 6) is 1.08. The third-order valence-electron chi connectivity index (χ3n) is 4.73. The monoisotopic (exact) mass is 416 g/mol. The minimum absolute atomic E-state index is 0.250. The summed E-state index contributed by atoms with van der Waals surface area (Å²) in [5, 5.41) is 6.89. The first kappa shape index (κ1) is 22.3. The fourth-order valence-corrected chi connectivity index (χ4v) is 4.85. The van der Waals surface area contributed by atoms with Crippen LogP contribution in [0.2, 0.25) is 0 Å². The van der Waals surface area contributed by atoms with Crippen LogP contribution < -0.4 is 10.6 Å². The number of rotatable bonds is 4. The SMILES string of the molecule is CCc1nc(N)nc(N2CCN(S(=O)(=O)N3CCOCC3)CC2)c1C.O=CO. The number of aromatic nitrogens is 2. The van der Waals surface area contributed by atoms with E-state index in [-0.39, 0.29) is 12.4 Å². The summed E-state index contributed by atoms with van der Waals surface area (Å²) in [6.45, 7) is 7.57. The topological polar surface area (TPSA) is 142 Å². The highest BCUT2D eigenvalue weighted by atomic mass is 32.2. The fraction of sp³-hybridized carbons (Fsp3) is 0.688. The van der Waals surface area contributed by atoms with Gasteiger partial charge in [-0.1, -0.05) is 6.92 Å². The molecule has 2 saturated heterocycles. The van der Waals surface area contributed by atoms with E-state index in [1.165, 1.54) is 4.31 Å². The van der Waals surface area contributed by atoms with Crippen LogP contribution in [0.4, 0.5) is 11.8 Å². The Morgan fingerprint density at radius 2 is 1.64 bits per heavy atom. The summed E-state index contributed by atoms with van der Waals surface area (Å²) in [4.78, 5) is 19.1. The van der Waals surface area contributed by atoms with Crippen LogP contribution in [0, 0.1) is 6.92 Å². The molecule has 0 bridgehead atoms. The molecule has 1 aromatic rings. The molecule has 3 N–H and O–H groups in total. The number of nitrogens with zero attached hydrogens (tertiary/aromatic N) is 5. The molecule has 0 radical (unpaired) electrons. The maximum atomic E-state index is 12.7. The largest absolute Gasteiger partial charge is 0.483 e. The Bertz CT molecular complexity index is 761. The van der Waals surface area contributed by atoms with E-state index < -0.39 is 10.2 Å². The first-order valence-corrected chi connectivity index (χ1v) is 10.5. The number of carbonyl (C=O) groups is 1. The van der Waals surface area contributed by atoms with Gasteiger partial charge in [-0.3, -0.25) is 4.79 Å². The predicted molar refractivity (Wildman–Crippen MR) is 104 cm³/mol. The Morgan fingerprint density at radius 3 is 2.18 bits per heavy atom. The average molecular weight is 417 g/mol. The zero-order valence-electron chi connectivity index (χ0n) is 16.2. The van der Waals surface area contributed by atoms with E-state index in [0.29, 0.717) is 52.5 Å². The molecule has 0 unspecified atom stereocenters. The van der Waals surface area contributed by atoms with Gasteiger partial charge in [-0.05, 0) is 13.3 Å². The molecular formula is C16H28N6O5S. The van der Waals surface area contributed by atoms with E-state index in [1.807, 2.05) is 13.8 Å². The molecule has 158 valence electrons. The number of anilines is 2. The molecule has 2 fully saturated rings. The number of nitrogen functional groups attached to an aromatic ring is 1. The van der Waals surface area contributed by atoms with Crippen LogP contribution in [0.1, 0.15) is 18.2 Å². The molecule has 0 atom stereocenters. The third-order valence-corrected chi connectivity index (χ3v) is 6.77. The van der Waals surface area contributed by atoms with Crippen LogP contribution in [0.3, 0.4) is 0 Å². The Kier molecular flexibility index (Phi) is 7.92. The smallest absolute Gasteiger partial charge is 0.290 e. The number of morpholine rings is 1. The molecule has 0 spiro atoms. The minimum atomic E-state index is -3.42. The molecule has 3 heterocycles. The molecule has 2 aliphatic rings. The number of aryl methyl sites for hydroxylation is 1. The van der Waals surface area contributed by atoms with Crippen LogP contribution in [-0.2, 0) is 26.2 Å². The maximum Gasteiger partial charge on any atom is 0.290 e. The van der Waals surface area contributed by atoms with Gasteiger partial charge in [0.2, 0.25) is 5.95 Å². The molecule has 12 heteroatoms. The predicted octanol–water partition coefficient (Wildman–Crippen LogP) is -0.671. The first-order chi connectivity index (χ1) is 13.3. The van der Waals surface area contributed by atoms with Crippen molar-refractivity contribution in [2.24, 2.45) is 0 Å². The molecule has 0 aromatic carbocycles. The molecule has 11 nitrogen and oxygen atoms in total. The Hall–Kier alpha value is -2.02. The van der Waals surface area contributed by atoms with Gasteiger partial charge in [-0.2, -0.15) is 22.0 Å². The zero-order chi connectivity index (χ0) is 20.7. The van der Waals surface area contributed by atoms with Gasteiger partial charge >= 0.3 is 0 Å². The van der Waals surface area contributed by atoms with Crippen LogP contribution in [0.15, 0.2) is 0 Å². The lowest BCUT2D eigenvalue weighted by molar-refractivity contribution is -0.122. The maximum absolute atomic E-state index is 12.7. The van der Waals surface area contributed by atoms with Crippen molar-refractivity contribution in [3.63, 3.8) is 0 Å². The van der Waals surface area contributed by atoms with Gasteiger partial charge in [0.05, 0.1) is 18.9 Å². The third kappa shape index (κ3) is 5.07. The second-order valence-electron chi connectivity index (χ2n) is 6.34. The van der Waals surface area contributed by atoms with Crippen LogP contribution in [0.5, 0.6) is 0 Å². The van der Waals surface area contributed by atoms with E-state index in [1.54, 1.807) is 4.31 Å². The quantitative estimate of drug-likeness (QED) is 0.611. The molecule has 0 aliphatic carbocycles. The number of carboxylic acid groups (broad SMARTS) is 1. The lowest BCUT2D eigenvalue weighted by Crippen LogP contribution is -2.55. The van der Waals surface area contributed by atoms with Crippen LogP contribution >= 0.6 is 0 Å². The van der Waals surface area contributed by atoms with Gasteiger partial charge < -0.3 is 20.5 Å². The Labute approximate surface area is 165 Å². The van der Waals surface area contributed by atoms with Crippen molar-refractivity contribution in [3.05, 3.63) is 11.3 Å². The lowest BCUT2D eigenvalue weighted by atomic mass is 10.1. The minimum Gasteiger partial charge on any atom is -0.483 e. The molecular weight excluding hydrogens is 388 g/mol. The summed E-state index contributed by atoms with van der Waals surface area (Å²) in [7, 11) is -3.42. The van der Waals surface area contributed by atoms with Gasteiger partial charge in [-0.25, -0.2) is 4.98 Å². The average Bonchev–Trinajstić information content (AvgIpc) is 2.71. The number of nitrogens with two attached hydrogens (primary N) is 1. The van der Waals surface area contributed by atoms with Gasteiger partial charge in [0.15, 0.2) is 0 Å².